The van der Waals surface area contributed by atoms with Crippen molar-refractivity contribution in [2.75, 3.05) is 27.9 Å². The predicted molar refractivity (Wildman–Crippen MR) is 150 cm³/mol. The van der Waals surface area contributed by atoms with E-state index >= 15 is 0 Å². The van der Waals surface area contributed by atoms with Crippen LogP contribution in [0.5, 0.6) is 23.0 Å². The average molecular weight is 565 g/mol. The second kappa shape index (κ2) is 11.6. The molecule has 0 aromatic heterocycles. The van der Waals surface area contributed by atoms with Crippen LogP contribution < -0.4 is 24.0 Å². The monoisotopic (exact) mass is 563 g/mol. The van der Waals surface area contributed by atoms with Crippen molar-refractivity contribution in [3.63, 3.8) is 0 Å². The Morgan fingerprint density at radius 3 is 1.91 bits per heavy atom. The van der Waals surface area contributed by atoms with Gasteiger partial charge in [-0.15, -0.1) is 0 Å². The number of methoxy groups -OCH3 is 3. The molecule has 0 radical (unpaired) electrons. The van der Waals surface area contributed by atoms with Crippen LogP contribution in [0, 0.1) is 0 Å². The molecule has 194 valence electrons. The third kappa shape index (κ3) is 5.52. The highest BCUT2D eigenvalue weighted by Crippen LogP contribution is 2.46. The van der Waals surface area contributed by atoms with Gasteiger partial charge in [-0.1, -0.05) is 57.5 Å². The third-order valence-electron chi connectivity index (χ3n) is 7.56. The van der Waals surface area contributed by atoms with Crippen molar-refractivity contribution in [3.8, 4) is 23.0 Å². The summed E-state index contributed by atoms with van der Waals surface area (Å²) in [6.07, 6.45) is 1.79. The Hall–Kier alpha value is -1.70. The second-order valence-corrected chi connectivity index (χ2v) is 16.6. The molecule has 2 aromatic carbocycles. The Morgan fingerprint density at radius 1 is 0.829 bits per heavy atom. The molecule has 3 rings (SSSR count). The summed E-state index contributed by atoms with van der Waals surface area (Å²) in [6.45, 7) is 14.7. The van der Waals surface area contributed by atoms with Gasteiger partial charge < -0.3 is 24.0 Å². The van der Waals surface area contributed by atoms with Crippen LogP contribution in [0.25, 0.3) is 0 Å². The standard InChI is InChI=1S/C28H42BrNO4Si/c1-17(2)35(18(3)4,19(5)6)34-28-16-23(29)21(14-26(28)32-8)12-24-22-15-27(33-9)25(31-7)13-20(22)10-11-30-24/h13-19,24,30H,10-12H2,1-9H3. The molecule has 0 bridgehead atoms. The molecule has 0 aliphatic carbocycles. The van der Waals surface area contributed by atoms with E-state index in [9.17, 15) is 0 Å². The van der Waals surface area contributed by atoms with E-state index in [4.69, 9.17) is 18.6 Å². The molecular weight excluding hydrogens is 522 g/mol. The number of fused-ring (bicyclic) bond motifs is 1. The van der Waals surface area contributed by atoms with Crippen molar-refractivity contribution in [2.45, 2.75) is 77.0 Å². The van der Waals surface area contributed by atoms with E-state index < -0.39 is 8.32 Å². The molecule has 1 aliphatic rings. The first-order valence-electron chi connectivity index (χ1n) is 12.6. The number of rotatable bonds is 10. The summed E-state index contributed by atoms with van der Waals surface area (Å²) in [4.78, 5) is 0. The number of nitrogens with one attached hydrogen (secondary N) is 1. The zero-order valence-electron chi connectivity index (χ0n) is 22.8. The minimum absolute atomic E-state index is 0.168. The molecule has 7 heteroatoms. The summed E-state index contributed by atoms with van der Waals surface area (Å²) in [5.74, 6) is 3.18. The van der Waals surface area contributed by atoms with Crippen molar-refractivity contribution in [3.05, 3.63) is 45.4 Å². The van der Waals surface area contributed by atoms with Gasteiger partial charge in [-0.05, 0) is 77.0 Å². The highest BCUT2D eigenvalue weighted by atomic mass is 79.9. The molecule has 1 aliphatic heterocycles. The smallest absolute Gasteiger partial charge is 0.258 e. The van der Waals surface area contributed by atoms with Gasteiger partial charge in [0.25, 0.3) is 8.32 Å². The second-order valence-electron chi connectivity index (χ2n) is 10.4. The number of hydrogen-bond acceptors (Lipinski definition) is 5. The Balaban J connectivity index is 1.97. The maximum atomic E-state index is 6.98. The summed E-state index contributed by atoms with van der Waals surface area (Å²) in [6, 6.07) is 8.64. The zero-order chi connectivity index (χ0) is 25.9. The topological polar surface area (TPSA) is 49.0 Å². The SMILES string of the molecule is COc1cc2c(cc1OC)C(Cc1cc(OC)c(O[Si](C(C)C)(C(C)C)C(C)C)cc1Br)NCC2. The van der Waals surface area contributed by atoms with Crippen molar-refractivity contribution in [2.24, 2.45) is 0 Å². The highest BCUT2D eigenvalue weighted by Gasteiger charge is 2.47. The summed E-state index contributed by atoms with van der Waals surface area (Å²) in [5.41, 5.74) is 5.20. The van der Waals surface area contributed by atoms with Crippen molar-refractivity contribution >= 4 is 24.2 Å². The predicted octanol–water partition coefficient (Wildman–Crippen LogP) is 7.46. The maximum absolute atomic E-state index is 6.98. The summed E-state index contributed by atoms with van der Waals surface area (Å²) in [5, 5.41) is 3.69. The molecule has 1 unspecified atom stereocenters. The van der Waals surface area contributed by atoms with Crippen LogP contribution in [0.3, 0.4) is 0 Å². The minimum Gasteiger partial charge on any atom is -0.540 e. The number of ether oxygens (including phenoxy) is 3. The van der Waals surface area contributed by atoms with Crippen molar-refractivity contribution in [1.29, 1.82) is 0 Å². The molecular formula is C28H42BrNO4Si. The lowest BCUT2D eigenvalue weighted by Crippen LogP contribution is -2.50. The van der Waals surface area contributed by atoms with Crippen molar-refractivity contribution < 1.29 is 18.6 Å². The fourth-order valence-electron chi connectivity index (χ4n) is 5.89. The highest BCUT2D eigenvalue weighted by molar-refractivity contribution is 9.10. The summed E-state index contributed by atoms with van der Waals surface area (Å²) >= 11 is 3.85. The van der Waals surface area contributed by atoms with E-state index in [0.29, 0.717) is 16.6 Å². The largest absolute Gasteiger partial charge is 0.540 e. The van der Waals surface area contributed by atoms with Crippen LogP contribution >= 0.6 is 15.9 Å². The first kappa shape index (κ1) is 27.9. The quantitative estimate of drug-likeness (QED) is 0.304. The van der Waals surface area contributed by atoms with E-state index in [1.165, 1.54) is 16.7 Å². The van der Waals surface area contributed by atoms with Crippen LogP contribution in [-0.2, 0) is 12.8 Å². The van der Waals surface area contributed by atoms with E-state index in [-0.39, 0.29) is 6.04 Å². The fourth-order valence-corrected chi connectivity index (χ4v) is 11.6. The van der Waals surface area contributed by atoms with Gasteiger partial charge in [-0.2, -0.15) is 0 Å². The van der Waals surface area contributed by atoms with Gasteiger partial charge in [0.2, 0.25) is 0 Å². The Labute approximate surface area is 221 Å². The van der Waals surface area contributed by atoms with Gasteiger partial charge in [-0.25, -0.2) is 0 Å². The van der Waals surface area contributed by atoms with E-state index in [1.807, 2.05) is 0 Å². The lowest BCUT2D eigenvalue weighted by atomic mass is 9.89. The molecule has 0 fully saturated rings. The molecule has 0 amide bonds. The number of halogens is 1. The average Bonchev–Trinajstić information content (AvgIpc) is 2.82. The van der Waals surface area contributed by atoms with Crippen LogP contribution in [-0.4, -0.2) is 36.2 Å². The van der Waals surface area contributed by atoms with E-state index in [2.05, 4.69) is 87.1 Å². The van der Waals surface area contributed by atoms with Gasteiger partial charge in [0, 0.05) is 10.5 Å². The maximum Gasteiger partial charge on any atom is 0.258 e. The molecule has 0 saturated carbocycles. The number of hydrogen-bond donors (Lipinski definition) is 1. The Kier molecular flexibility index (Phi) is 9.21. The molecule has 1 heterocycles. The van der Waals surface area contributed by atoms with Crippen molar-refractivity contribution in [1.82, 2.24) is 5.32 Å². The molecule has 0 saturated heterocycles. The van der Waals surface area contributed by atoms with Gasteiger partial charge in [0.05, 0.1) is 21.3 Å². The molecule has 1 atom stereocenters. The van der Waals surface area contributed by atoms with E-state index in [0.717, 1.165) is 46.9 Å². The van der Waals surface area contributed by atoms with Crippen LogP contribution in [0.4, 0.5) is 0 Å². The van der Waals surface area contributed by atoms with Gasteiger partial charge in [0.15, 0.2) is 17.2 Å². The van der Waals surface area contributed by atoms with Gasteiger partial charge in [-0.3, -0.25) is 0 Å². The van der Waals surface area contributed by atoms with Crippen LogP contribution in [0.15, 0.2) is 28.7 Å². The van der Waals surface area contributed by atoms with Crippen LogP contribution in [0.2, 0.25) is 16.6 Å². The van der Waals surface area contributed by atoms with Gasteiger partial charge in [0.1, 0.15) is 5.75 Å². The van der Waals surface area contributed by atoms with E-state index in [1.54, 1.807) is 21.3 Å². The third-order valence-corrected chi connectivity index (χ3v) is 14.3. The molecule has 2 aromatic rings. The Morgan fingerprint density at radius 2 is 1.37 bits per heavy atom. The first-order valence-corrected chi connectivity index (χ1v) is 15.6. The lowest BCUT2D eigenvalue weighted by Gasteiger charge is -2.42. The molecule has 35 heavy (non-hydrogen) atoms. The molecule has 5 nitrogen and oxygen atoms in total. The molecule has 0 spiro atoms. The molecule has 1 N–H and O–H groups in total. The first-order chi connectivity index (χ1) is 16.6. The zero-order valence-corrected chi connectivity index (χ0v) is 25.3. The summed E-state index contributed by atoms with van der Waals surface area (Å²) in [7, 11) is 3.00. The Bertz CT molecular complexity index is 1000. The fraction of sp³-hybridized carbons (Fsp3) is 0.571. The summed E-state index contributed by atoms with van der Waals surface area (Å²) < 4.78 is 25.0. The van der Waals surface area contributed by atoms with Crippen LogP contribution in [0.1, 0.15) is 64.3 Å². The normalized spacial score (nSPS) is 16.0. The number of benzene rings is 2. The van der Waals surface area contributed by atoms with Gasteiger partial charge >= 0.3 is 0 Å². The minimum atomic E-state index is -2.10. The lowest BCUT2D eigenvalue weighted by molar-refractivity contribution is 0.352.